The standard InChI is InChI=1S/C24H29N5/c1-3-28(18-20-9-5-4-6-10-20)23-17-19(2)25-24(27-23)26-21-11-13-22(14-12-21)29-15-7-8-16-29/h4-6,9-14,17H,3,7-8,15-16,18H2,1-2H3,(H,25,26,27). The molecule has 1 N–H and O–H groups in total. The number of hydrogen-bond donors (Lipinski definition) is 1. The Kier molecular flexibility index (Phi) is 5.94. The second-order valence-corrected chi connectivity index (χ2v) is 7.56. The maximum atomic E-state index is 4.79. The number of aryl methyl sites for hydroxylation is 1. The zero-order chi connectivity index (χ0) is 20.1. The summed E-state index contributed by atoms with van der Waals surface area (Å²) in [4.78, 5) is 14.1. The van der Waals surface area contributed by atoms with E-state index >= 15 is 0 Å². The summed E-state index contributed by atoms with van der Waals surface area (Å²) in [5.41, 5.74) is 4.53. The van der Waals surface area contributed by atoms with Crippen LogP contribution in [0.5, 0.6) is 0 Å². The number of hydrogen-bond acceptors (Lipinski definition) is 5. The van der Waals surface area contributed by atoms with Crippen LogP contribution in [0.1, 0.15) is 31.0 Å². The lowest BCUT2D eigenvalue weighted by Gasteiger charge is -2.23. The number of benzene rings is 2. The summed E-state index contributed by atoms with van der Waals surface area (Å²) in [5, 5.41) is 3.38. The first-order valence-corrected chi connectivity index (χ1v) is 10.5. The molecular formula is C24H29N5. The highest BCUT2D eigenvalue weighted by molar-refractivity contribution is 5.60. The van der Waals surface area contributed by atoms with Crippen LogP contribution in [-0.2, 0) is 6.54 Å². The third-order valence-electron chi connectivity index (χ3n) is 5.36. The summed E-state index contributed by atoms with van der Waals surface area (Å²) in [7, 11) is 0. The van der Waals surface area contributed by atoms with E-state index in [2.05, 4.69) is 75.6 Å². The molecule has 1 aromatic heterocycles. The van der Waals surface area contributed by atoms with E-state index in [4.69, 9.17) is 4.98 Å². The van der Waals surface area contributed by atoms with Gasteiger partial charge in [0.05, 0.1) is 0 Å². The third kappa shape index (κ3) is 4.86. The molecule has 150 valence electrons. The molecule has 2 aromatic carbocycles. The fourth-order valence-corrected chi connectivity index (χ4v) is 3.79. The third-order valence-corrected chi connectivity index (χ3v) is 5.36. The minimum absolute atomic E-state index is 0.639. The Hall–Kier alpha value is -3.08. The Bertz CT molecular complexity index is 918. The molecule has 1 saturated heterocycles. The van der Waals surface area contributed by atoms with E-state index in [1.807, 2.05) is 19.1 Å². The number of nitrogens with zero attached hydrogens (tertiary/aromatic N) is 4. The first-order valence-electron chi connectivity index (χ1n) is 10.5. The van der Waals surface area contributed by atoms with Gasteiger partial charge in [0.2, 0.25) is 5.95 Å². The van der Waals surface area contributed by atoms with Gasteiger partial charge in [-0.3, -0.25) is 0 Å². The summed E-state index contributed by atoms with van der Waals surface area (Å²) in [6, 6.07) is 21.1. The van der Waals surface area contributed by atoms with Gasteiger partial charge in [0.25, 0.3) is 0 Å². The summed E-state index contributed by atoms with van der Waals surface area (Å²) in [6.45, 7) is 8.21. The molecule has 5 heteroatoms. The van der Waals surface area contributed by atoms with Crippen molar-refractivity contribution in [3.05, 3.63) is 71.9 Å². The van der Waals surface area contributed by atoms with Crippen molar-refractivity contribution < 1.29 is 0 Å². The predicted molar refractivity (Wildman–Crippen MR) is 121 cm³/mol. The first kappa shape index (κ1) is 19.2. The Labute approximate surface area is 173 Å². The zero-order valence-electron chi connectivity index (χ0n) is 17.3. The smallest absolute Gasteiger partial charge is 0.229 e. The van der Waals surface area contributed by atoms with E-state index in [1.165, 1.54) is 24.1 Å². The highest BCUT2D eigenvalue weighted by Crippen LogP contribution is 2.24. The lowest BCUT2D eigenvalue weighted by atomic mass is 10.2. The van der Waals surface area contributed by atoms with Crippen molar-refractivity contribution in [1.82, 2.24) is 9.97 Å². The summed E-state index contributed by atoms with van der Waals surface area (Å²) in [6.07, 6.45) is 2.58. The van der Waals surface area contributed by atoms with Crippen molar-refractivity contribution in [2.24, 2.45) is 0 Å². The van der Waals surface area contributed by atoms with Crippen molar-refractivity contribution in [3.63, 3.8) is 0 Å². The van der Waals surface area contributed by atoms with Gasteiger partial charge in [0.15, 0.2) is 0 Å². The van der Waals surface area contributed by atoms with Crippen molar-refractivity contribution in [2.75, 3.05) is 34.8 Å². The van der Waals surface area contributed by atoms with Crippen molar-refractivity contribution in [2.45, 2.75) is 33.2 Å². The second-order valence-electron chi connectivity index (χ2n) is 7.56. The molecule has 0 bridgehead atoms. The molecule has 0 saturated carbocycles. The van der Waals surface area contributed by atoms with Gasteiger partial charge >= 0.3 is 0 Å². The van der Waals surface area contributed by atoms with Crippen LogP contribution in [-0.4, -0.2) is 29.6 Å². The lowest BCUT2D eigenvalue weighted by Crippen LogP contribution is -2.23. The van der Waals surface area contributed by atoms with Crippen LogP contribution in [0.4, 0.5) is 23.1 Å². The molecule has 29 heavy (non-hydrogen) atoms. The van der Waals surface area contributed by atoms with Gasteiger partial charge in [-0.15, -0.1) is 0 Å². The van der Waals surface area contributed by atoms with Crippen molar-refractivity contribution in [1.29, 1.82) is 0 Å². The molecule has 2 heterocycles. The van der Waals surface area contributed by atoms with E-state index in [9.17, 15) is 0 Å². The topological polar surface area (TPSA) is 44.3 Å². The molecule has 1 fully saturated rings. The summed E-state index contributed by atoms with van der Waals surface area (Å²) < 4.78 is 0. The highest BCUT2D eigenvalue weighted by Gasteiger charge is 2.13. The molecule has 0 aliphatic carbocycles. The molecule has 1 aliphatic rings. The van der Waals surface area contributed by atoms with Gasteiger partial charge in [-0.2, -0.15) is 4.98 Å². The maximum Gasteiger partial charge on any atom is 0.229 e. The van der Waals surface area contributed by atoms with Crippen LogP contribution in [0.2, 0.25) is 0 Å². The Morgan fingerprint density at radius 1 is 0.966 bits per heavy atom. The van der Waals surface area contributed by atoms with Gasteiger partial charge in [0, 0.05) is 49.3 Å². The Morgan fingerprint density at radius 3 is 2.38 bits per heavy atom. The van der Waals surface area contributed by atoms with E-state index in [1.54, 1.807) is 0 Å². The van der Waals surface area contributed by atoms with E-state index < -0.39 is 0 Å². The van der Waals surface area contributed by atoms with E-state index in [0.717, 1.165) is 43.4 Å². The van der Waals surface area contributed by atoms with Gasteiger partial charge in [-0.1, -0.05) is 30.3 Å². The quantitative estimate of drug-likeness (QED) is 0.607. The maximum absolute atomic E-state index is 4.79. The fourth-order valence-electron chi connectivity index (χ4n) is 3.79. The van der Waals surface area contributed by atoms with Gasteiger partial charge in [-0.25, -0.2) is 4.98 Å². The largest absolute Gasteiger partial charge is 0.372 e. The fraction of sp³-hybridized carbons (Fsp3) is 0.333. The van der Waals surface area contributed by atoms with Crippen LogP contribution in [0.15, 0.2) is 60.7 Å². The molecule has 0 atom stereocenters. The Morgan fingerprint density at radius 2 is 1.69 bits per heavy atom. The molecule has 4 rings (SSSR count). The van der Waals surface area contributed by atoms with Crippen LogP contribution in [0.25, 0.3) is 0 Å². The molecular weight excluding hydrogens is 358 g/mol. The molecule has 1 aliphatic heterocycles. The molecule has 0 spiro atoms. The van der Waals surface area contributed by atoms with Gasteiger partial charge in [-0.05, 0) is 56.5 Å². The van der Waals surface area contributed by atoms with Crippen molar-refractivity contribution >= 4 is 23.1 Å². The van der Waals surface area contributed by atoms with E-state index in [0.29, 0.717) is 5.95 Å². The highest BCUT2D eigenvalue weighted by atomic mass is 15.2. The minimum Gasteiger partial charge on any atom is -0.372 e. The van der Waals surface area contributed by atoms with Gasteiger partial charge < -0.3 is 15.1 Å². The van der Waals surface area contributed by atoms with Crippen molar-refractivity contribution in [3.8, 4) is 0 Å². The van der Waals surface area contributed by atoms with Crippen LogP contribution >= 0.6 is 0 Å². The Balaban J connectivity index is 1.50. The number of rotatable bonds is 7. The summed E-state index contributed by atoms with van der Waals surface area (Å²) >= 11 is 0. The number of aromatic nitrogens is 2. The molecule has 3 aromatic rings. The van der Waals surface area contributed by atoms with E-state index in [-0.39, 0.29) is 0 Å². The predicted octanol–water partition coefficient (Wildman–Crippen LogP) is 5.16. The average molecular weight is 388 g/mol. The zero-order valence-corrected chi connectivity index (χ0v) is 17.3. The molecule has 0 radical (unpaired) electrons. The lowest BCUT2D eigenvalue weighted by molar-refractivity contribution is 0.809. The van der Waals surface area contributed by atoms with Crippen LogP contribution in [0.3, 0.4) is 0 Å². The normalized spacial score (nSPS) is 13.5. The van der Waals surface area contributed by atoms with Crippen LogP contribution < -0.4 is 15.1 Å². The SMILES string of the molecule is CCN(Cc1ccccc1)c1cc(C)nc(Nc2ccc(N3CCCC3)cc2)n1. The second kappa shape index (κ2) is 8.95. The number of anilines is 4. The molecule has 5 nitrogen and oxygen atoms in total. The first-order chi connectivity index (χ1) is 14.2. The minimum atomic E-state index is 0.639. The summed E-state index contributed by atoms with van der Waals surface area (Å²) in [5.74, 6) is 1.58. The van der Waals surface area contributed by atoms with Gasteiger partial charge in [0.1, 0.15) is 5.82 Å². The number of nitrogens with one attached hydrogen (secondary N) is 1. The molecule has 0 unspecified atom stereocenters. The molecule has 0 amide bonds. The average Bonchev–Trinajstić information content (AvgIpc) is 3.28. The monoisotopic (exact) mass is 387 g/mol. The van der Waals surface area contributed by atoms with Crippen LogP contribution in [0, 0.1) is 6.92 Å².